The number of ether oxygens (including phenoxy) is 1. The van der Waals surface area contributed by atoms with Crippen LogP contribution in [0.2, 0.25) is 0 Å². The van der Waals surface area contributed by atoms with Gasteiger partial charge in [-0.2, -0.15) is 0 Å². The monoisotopic (exact) mass is 301 g/mol. The molecule has 0 bridgehead atoms. The molecule has 0 aliphatic carbocycles. The van der Waals surface area contributed by atoms with Crippen molar-refractivity contribution < 1.29 is 24.2 Å². The van der Waals surface area contributed by atoms with Crippen LogP contribution in [0.25, 0.3) is 0 Å². The molecular weight excluding hydrogens is 278 g/mol. The van der Waals surface area contributed by atoms with Crippen LogP contribution in [0.3, 0.4) is 0 Å². The molecule has 0 radical (unpaired) electrons. The predicted octanol–water partition coefficient (Wildman–Crippen LogP) is -0.356. The fourth-order valence-electron chi connectivity index (χ4n) is 2.25. The fraction of sp³-hybridized carbons (Fsp3) is 0.769. The normalized spacial score (nSPS) is 20.9. The molecule has 0 saturated carbocycles. The third-order valence-corrected chi connectivity index (χ3v) is 3.40. The van der Waals surface area contributed by atoms with Gasteiger partial charge in [-0.15, -0.1) is 0 Å². The van der Waals surface area contributed by atoms with Crippen LogP contribution in [0.1, 0.15) is 19.8 Å². The first-order valence-electron chi connectivity index (χ1n) is 7.06. The zero-order valence-electron chi connectivity index (χ0n) is 12.4. The van der Waals surface area contributed by atoms with Crippen LogP contribution in [0, 0.1) is 5.92 Å². The van der Waals surface area contributed by atoms with Crippen molar-refractivity contribution in [3.05, 3.63) is 0 Å². The third-order valence-electron chi connectivity index (χ3n) is 3.40. The minimum Gasteiger partial charge on any atom is -0.481 e. The van der Waals surface area contributed by atoms with Crippen molar-refractivity contribution in [2.45, 2.75) is 25.8 Å². The number of amides is 3. The fourth-order valence-corrected chi connectivity index (χ4v) is 2.25. The van der Waals surface area contributed by atoms with Crippen LogP contribution >= 0.6 is 0 Å². The van der Waals surface area contributed by atoms with E-state index >= 15 is 0 Å². The van der Waals surface area contributed by atoms with Gasteiger partial charge < -0.3 is 25.4 Å². The Labute approximate surface area is 123 Å². The summed E-state index contributed by atoms with van der Waals surface area (Å²) in [4.78, 5) is 36.0. The lowest BCUT2D eigenvalue weighted by Crippen LogP contribution is -2.51. The lowest BCUT2D eigenvalue weighted by Gasteiger charge is -2.30. The standard InChI is InChI=1S/C13H23N3O5/c1-3-6-16(10-8-21-7-9(10)12(18)19)13(20)15-5-4-11(17)14-2/h9-10H,3-8H2,1-2H3,(H,14,17)(H,15,20)(H,18,19). The molecule has 2 atom stereocenters. The summed E-state index contributed by atoms with van der Waals surface area (Å²) in [5.41, 5.74) is 0. The van der Waals surface area contributed by atoms with Crippen molar-refractivity contribution >= 4 is 17.9 Å². The average Bonchev–Trinajstić information content (AvgIpc) is 2.93. The Balaban J connectivity index is 2.61. The van der Waals surface area contributed by atoms with Gasteiger partial charge in [0.2, 0.25) is 5.91 Å². The number of carbonyl (C=O) groups excluding carboxylic acids is 2. The lowest BCUT2D eigenvalue weighted by atomic mass is 10.0. The van der Waals surface area contributed by atoms with Gasteiger partial charge in [-0.25, -0.2) is 4.79 Å². The maximum atomic E-state index is 12.2. The minimum atomic E-state index is -0.961. The molecule has 8 nitrogen and oxygen atoms in total. The van der Waals surface area contributed by atoms with Crippen LogP contribution in [0.15, 0.2) is 0 Å². The van der Waals surface area contributed by atoms with Crippen molar-refractivity contribution in [1.82, 2.24) is 15.5 Å². The summed E-state index contributed by atoms with van der Waals surface area (Å²) >= 11 is 0. The summed E-state index contributed by atoms with van der Waals surface area (Å²) in [6, 6.07) is -0.829. The van der Waals surface area contributed by atoms with Gasteiger partial charge in [0.1, 0.15) is 5.92 Å². The van der Waals surface area contributed by atoms with Gasteiger partial charge in [0, 0.05) is 26.6 Å². The van der Waals surface area contributed by atoms with E-state index in [-0.39, 0.29) is 38.1 Å². The molecule has 1 heterocycles. The van der Waals surface area contributed by atoms with Crippen molar-refractivity contribution in [2.75, 3.05) is 33.4 Å². The summed E-state index contributed by atoms with van der Waals surface area (Å²) in [6.45, 7) is 2.91. The Kier molecular flexibility index (Phi) is 6.93. The first kappa shape index (κ1) is 17.2. The van der Waals surface area contributed by atoms with Crippen LogP contribution in [-0.4, -0.2) is 67.3 Å². The number of hydrogen-bond donors (Lipinski definition) is 3. The van der Waals surface area contributed by atoms with Gasteiger partial charge in [-0.1, -0.05) is 6.92 Å². The SMILES string of the molecule is CCCN(C(=O)NCCC(=O)NC)C1COCC1C(=O)O. The van der Waals surface area contributed by atoms with Crippen LogP contribution < -0.4 is 10.6 Å². The van der Waals surface area contributed by atoms with Crippen LogP contribution in [0.4, 0.5) is 4.79 Å². The summed E-state index contributed by atoms with van der Waals surface area (Å²) in [7, 11) is 1.53. The van der Waals surface area contributed by atoms with Crippen molar-refractivity contribution in [1.29, 1.82) is 0 Å². The van der Waals surface area contributed by atoms with Crippen LogP contribution in [0.5, 0.6) is 0 Å². The number of carboxylic acids is 1. The molecule has 1 fully saturated rings. The summed E-state index contributed by atoms with van der Waals surface area (Å²) < 4.78 is 5.20. The van der Waals surface area contributed by atoms with Gasteiger partial charge >= 0.3 is 12.0 Å². The largest absolute Gasteiger partial charge is 0.481 e. The van der Waals surface area contributed by atoms with E-state index in [1.807, 2.05) is 6.92 Å². The molecule has 1 rings (SSSR count). The van der Waals surface area contributed by atoms with E-state index in [0.29, 0.717) is 13.0 Å². The second-order valence-electron chi connectivity index (χ2n) is 4.90. The number of nitrogens with one attached hydrogen (secondary N) is 2. The number of carboxylic acid groups (broad SMARTS) is 1. The number of urea groups is 1. The molecule has 3 N–H and O–H groups in total. The molecule has 2 unspecified atom stereocenters. The molecule has 1 aliphatic rings. The zero-order valence-corrected chi connectivity index (χ0v) is 12.4. The van der Waals surface area contributed by atoms with Crippen LogP contribution in [-0.2, 0) is 14.3 Å². The maximum absolute atomic E-state index is 12.2. The predicted molar refractivity (Wildman–Crippen MR) is 74.8 cm³/mol. The highest BCUT2D eigenvalue weighted by molar-refractivity contribution is 5.79. The summed E-state index contributed by atoms with van der Waals surface area (Å²) in [5, 5.41) is 14.3. The molecule has 0 aromatic heterocycles. The van der Waals surface area contributed by atoms with Gasteiger partial charge in [0.15, 0.2) is 0 Å². The maximum Gasteiger partial charge on any atom is 0.317 e. The number of carbonyl (C=O) groups is 3. The van der Waals surface area contributed by atoms with E-state index in [9.17, 15) is 19.5 Å². The number of nitrogens with zero attached hydrogens (tertiary/aromatic N) is 1. The zero-order chi connectivity index (χ0) is 15.8. The molecule has 1 saturated heterocycles. The molecule has 8 heteroatoms. The Bertz CT molecular complexity index is 388. The first-order chi connectivity index (χ1) is 10.0. The third kappa shape index (κ3) is 4.89. The molecule has 120 valence electrons. The highest BCUT2D eigenvalue weighted by atomic mass is 16.5. The topological polar surface area (TPSA) is 108 Å². The molecule has 0 aromatic carbocycles. The molecule has 0 spiro atoms. The van der Waals surface area contributed by atoms with E-state index in [4.69, 9.17) is 4.74 Å². The smallest absolute Gasteiger partial charge is 0.317 e. The second-order valence-corrected chi connectivity index (χ2v) is 4.90. The first-order valence-corrected chi connectivity index (χ1v) is 7.06. The Hall–Kier alpha value is -1.83. The van der Waals surface area contributed by atoms with Crippen molar-refractivity contribution in [3.63, 3.8) is 0 Å². The summed E-state index contributed by atoms with van der Waals surface area (Å²) in [6.07, 6.45) is 0.900. The molecule has 0 aromatic rings. The molecule has 21 heavy (non-hydrogen) atoms. The van der Waals surface area contributed by atoms with Gasteiger partial charge in [-0.05, 0) is 6.42 Å². The minimum absolute atomic E-state index is 0.117. The van der Waals surface area contributed by atoms with Crippen molar-refractivity contribution in [3.8, 4) is 0 Å². The lowest BCUT2D eigenvalue weighted by molar-refractivity contribution is -0.142. The Morgan fingerprint density at radius 1 is 1.33 bits per heavy atom. The van der Waals surface area contributed by atoms with E-state index in [0.717, 1.165) is 0 Å². The van der Waals surface area contributed by atoms with E-state index in [1.54, 1.807) is 0 Å². The number of rotatable bonds is 7. The molecular formula is C13H23N3O5. The quantitative estimate of drug-likeness (QED) is 0.595. The second kappa shape index (κ2) is 8.46. The van der Waals surface area contributed by atoms with E-state index in [1.165, 1.54) is 11.9 Å². The molecule has 1 aliphatic heterocycles. The Morgan fingerprint density at radius 2 is 2.05 bits per heavy atom. The highest BCUT2D eigenvalue weighted by Gasteiger charge is 2.39. The van der Waals surface area contributed by atoms with Gasteiger partial charge in [0.25, 0.3) is 0 Å². The highest BCUT2D eigenvalue weighted by Crippen LogP contribution is 2.20. The summed E-state index contributed by atoms with van der Waals surface area (Å²) in [5.74, 6) is -1.83. The van der Waals surface area contributed by atoms with E-state index in [2.05, 4.69) is 10.6 Å². The molecule has 3 amide bonds. The van der Waals surface area contributed by atoms with Gasteiger partial charge in [0.05, 0.1) is 19.3 Å². The van der Waals surface area contributed by atoms with Crippen molar-refractivity contribution in [2.24, 2.45) is 5.92 Å². The average molecular weight is 301 g/mol. The number of aliphatic carboxylic acids is 1. The van der Waals surface area contributed by atoms with Gasteiger partial charge in [-0.3, -0.25) is 9.59 Å². The van der Waals surface area contributed by atoms with E-state index < -0.39 is 17.9 Å². The number of hydrogen-bond acceptors (Lipinski definition) is 4. The Morgan fingerprint density at radius 3 is 2.62 bits per heavy atom.